The van der Waals surface area contributed by atoms with Crippen LogP contribution >= 0.6 is 27.5 Å². The lowest BCUT2D eigenvalue weighted by Crippen LogP contribution is -2.39. The predicted molar refractivity (Wildman–Crippen MR) is 82.7 cm³/mol. The maximum absolute atomic E-state index is 12.3. The molecule has 1 N–H and O–H groups in total. The molecule has 1 fully saturated rings. The Kier molecular flexibility index (Phi) is 5.28. The van der Waals surface area contributed by atoms with Crippen LogP contribution in [0.4, 0.5) is 0 Å². The monoisotopic (exact) mass is 343 g/mol. The van der Waals surface area contributed by atoms with Crippen molar-refractivity contribution in [1.29, 1.82) is 0 Å². The van der Waals surface area contributed by atoms with Crippen LogP contribution in [-0.4, -0.2) is 11.9 Å². The smallest absolute Gasteiger partial charge is 0.253 e. The molecule has 0 bridgehead atoms. The molecule has 1 aliphatic rings. The first-order valence-corrected chi connectivity index (χ1v) is 8.01. The summed E-state index contributed by atoms with van der Waals surface area (Å²) in [6.45, 7) is 2.22. The minimum absolute atomic E-state index is 0.0648. The van der Waals surface area contributed by atoms with Gasteiger partial charge in [-0.15, -0.1) is 0 Å². The number of rotatable bonds is 2. The Hall–Kier alpha value is -0.540. The maximum Gasteiger partial charge on any atom is 0.253 e. The van der Waals surface area contributed by atoms with Crippen molar-refractivity contribution in [2.45, 2.75) is 45.1 Å². The molecule has 2 unspecified atom stereocenters. The van der Waals surface area contributed by atoms with Crippen LogP contribution in [0.2, 0.25) is 5.02 Å². The Morgan fingerprint density at radius 1 is 1.32 bits per heavy atom. The average molecular weight is 345 g/mol. The Balaban J connectivity index is 2.09. The predicted octanol–water partition coefficient (Wildman–Crippen LogP) is 4.80. The zero-order valence-corrected chi connectivity index (χ0v) is 13.4. The maximum atomic E-state index is 12.3. The molecule has 0 aliphatic heterocycles. The number of hydrogen-bond acceptors (Lipinski definition) is 1. The van der Waals surface area contributed by atoms with Crippen LogP contribution < -0.4 is 5.32 Å². The van der Waals surface area contributed by atoms with Gasteiger partial charge in [-0.2, -0.15) is 0 Å². The number of carbonyl (C=O) groups is 1. The third-order valence-electron chi connectivity index (χ3n) is 3.85. The van der Waals surface area contributed by atoms with E-state index in [-0.39, 0.29) is 11.9 Å². The van der Waals surface area contributed by atoms with Crippen molar-refractivity contribution in [3.63, 3.8) is 0 Å². The molecule has 0 heterocycles. The second kappa shape index (κ2) is 6.76. The Labute approximate surface area is 128 Å². The number of halogens is 2. The van der Waals surface area contributed by atoms with E-state index < -0.39 is 0 Å². The van der Waals surface area contributed by atoms with Crippen molar-refractivity contribution >= 4 is 33.4 Å². The first-order chi connectivity index (χ1) is 9.08. The SMILES string of the molecule is CC1CCCCCC1NC(=O)c1cc(Br)ccc1Cl. The summed E-state index contributed by atoms with van der Waals surface area (Å²) in [4.78, 5) is 12.3. The normalized spacial score (nSPS) is 23.7. The molecule has 1 amide bonds. The van der Waals surface area contributed by atoms with Gasteiger partial charge in [-0.3, -0.25) is 4.79 Å². The van der Waals surface area contributed by atoms with E-state index in [0.29, 0.717) is 16.5 Å². The van der Waals surface area contributed by atoms with Crippen molar-refractivity contribution in [2.75, 3.05) is 0 Å². The summed E-state index contributed by atoms with van der Waals surface area (Å²) >= 11 is 9.47. The van der Waals surface area contributed by atoms with Crippen molar-refractivity contribution in [3.05, 3.63) is 33.3 Å². The minimum Gasteiger partial charge on any atom is -0.349 e. The first kappa shape index (κ1) is 14.9. The molecule has 4 heteroatoms. The van der Waals surface area contributed by atoms with Gasteiger partial charge in [0.2, 0.25) is 0 Å². The van der Waals surface area contributed by atoms with E-state index in [4.69, 9.17) is 11.6 Å². The standard InChI is InChI=1S/C15H19BrClNO/c1-10-5-3-2-4-6-14(10)18-15(19)12-9-11(16)7-8-13(12)17/h7-10,14H,2-6H2,1H3,(H,18,19). The molecule has 0 aromatic heterocycles. The van der Waals surface area contributed by atoms with Crippen LogP contribution in [-0.2, 0) is 0 Å². The van der Waals surface area contributed by atoms with Crippen LogP contribution in [0.25, 0.3) is 0 Å². The quantitative estimate of drug-likeness (QED) is 0.767. The first-order valence-electron chi connectivity index (χ1n) is 6.84. The summed E-state index contributed by atoms with van der Waals surface area (Å²) < 4.78 is 0.871. The number of amides is 1. The Bertz CT molecular complexity index is 463. The van der Waals surface area contributed by atoms with Gasteiger partial charge in [0.25, 0.3) is 5.91 Å². The number of nitrogens with one attached hydrogen (secondary N) is 1. The fourth-order valence-corrected chi connectivity index (χ4v) is 3.19. The van der Waals surface area contributed by atoms with Crippen LogP contribution in [0, 0.1) is 5.92 Å². The Morgan fingerprint density at radius 3 is 2.84 bits per heavy atom. The molecule has 2 atom stereocenters. The average Bonchev–Trinajstić information content (AvgIpc) is 2.58. The minimum atomic E-state index is -0.0648. The summed E-state index contributed by atoms with van der Waals surface area (Å²) in [6.07, 6.45) is 6.00. The number of carbonyl (C=O) groups excluding carboxylic acids is 1. The van der Waals surface area contributed by atoms with E-state index in [1.54, 1.807) is 12.1 Å². The van der Waals surface area contributed by atoms with Crippen LogP contribution in [0.1, 0.15) is 49.4 Å². The van der Waals surface area contributed by atoms with Gasteiger partial charge in [0.1, 0.15) is 0 Å². The molecule has 1 aromatic carbocycles. The lowest BCUT2D eigenvalue weighted by Gasteiger charge is -2.23. The van der Waals surface area contributed by atoms with Gasteiger partial charge in [0, 0.05) is 10.5 Å². The molecule has 2 rings (SSSR count). The highest BCUT2D eigenvalue weighted by Gasteiger charge is 2.22. The molecule has 0 radical (unpaired) electrons. The lowest BCUT2D eigenvalue weighted by atomic mass is 9.96. The fourth-order valence-electron chi connectivity index (χ4n) is 2.63. The summed E-state index contributed by atoms with van der Waals surface area (Å²) in [7, 11) is 0. The van der Waals surface area contributed by atoms with E-state index in [9.17, 15) is 4.79 Å². The molecule has 104 valence electrons. The zero-order valence-electron chi connectivity index (χ0n) is 11.1. The van der Waals surface area contributed by atoms with Crippen molar-refractivity contribution in [1.82, 2.24) is 5.32 Å². The molecule has 0 saturated heterocycles. The highest BCUT2D eigenvalue weighted by molar-refractivity contribution is 9.10. The molecular formula is C15H19BrClNO. The molecule has 1 aromatic rings. The Morgan fingerprint density at radius 2 is 2.05 bits per heavy atom. The molecule has 19 heavy (non-hydrogen) atoms. The summed E-state index contributed by atoms with van der Waals surface area (Å²) in [5.74, 6) is 0.474. The van der Waals surface area contributed by atoms with E-state index in [0.717, 1.165) is 10.9 Å². The van der Waals surface area contributed by atoms with Gasteiger partial charge in [-0.1, -0.05) is 53.7 Å². The molecule has 2 nitrogen and oxygen atoms in total. The van der Waals surface area contributed by atoms with Gasteiger partial charge >= 0.3 is 0 Å². The third-order valence-corrected chi connectivity index (χ3v) is 4.67. The zero-order chi connectivity index (χ0) is 13.8. The van der Waals surface area contributed by atoms with E-state index in [1.165, 1.54) is 25.7 Å². The van der Waals surface area contributed by atoms with Crippen molar-refractivity contribution < 1.29 is 4.79 Å². The number of benzene rings is 1. The van der Waals surface area contributed by atoms with Crippen molar-refractivity contribution in [3.8, 4) is 0 Å². The second-order valence-corrected chi connectivity index (χ2v) is 6.64. The molecular weight excluding hydrogens is 326 g/mol. The molecule has 1 saturated carbocycles. The van der Waals surface area contributed by atoms with E-state index in [1.807, 2.05) is 6.07 Å². The largest absolute Gasteiger partial charge is 0.349 e. The highest BCUT2D eigenvalue weighted by atomic mass is 79.9. The van der Waals surface area contributed by atoms with Crippen molar-refractivity contribution in [2.24, 2.45) is 5.92 Å². The second-order valence-electron chi connectivity index (χ2n) is 5.32. The molecule has 1 aliphatic carbocycles. The summed E-state index contributed by atoms with van der Waals surface area (Å²) in [6, 6.07) is 5.63. The van der Waals surface area contributed by atoms with E-state index in [2.05, 4.69) is 28.2 Å². The topological polar surface area (TPSA) is 29.1 Å². The summed E-state index contributed by atoms with van der Waals surface area (Å²) in [5.41, 5.74) is 0.549. The fraction of sp³-hybridized carbons (Fsp3) is 0.533. The van der Waals surface area contributed by atoms with Gasteiger partial charge in [0.05, 0.1) is 10.6 Å². The van der Waals surface area contributed by atoms with Crippen LogP contribution in [0.3, 0.4) is 0 Å². The van der Waals surface area contributed by atoms with Gasteiger partial charge in [0.15, 0.2) is 0 Å². The van der Waals surface area contributed by atoms with Crippen LogP contribution in [0.15, 0.2) is 22.7 Å². The third kappa shape index (κ3) is 3.96. The van der Waals surface area contributed by atoms with Gasteiger partial charge in [-0.25, -0.2) is 0 Å². The van der Waals surface area contributed by atoms with Crippen LogP contribution in [0.5, 0.6) is 0 Å². The highest BCUT2D eigenvalue weighted by Crippen LogP contribution is 2.25. The van der Waals surface area contributed by atoms with Gasteiger partial charge < -0.3 is 5.32 Å². The van der Waals surface area contributed by atoms with Gasteiger partial charge in [-0.05, 0) is 37.0 Å². The van der Waals surface area contributed by atoms with E-state index >= 15 is 0 Å². The lowest BCUT2D eigenvalue weighted by molar-refractivity contribution is 0.0921. The molecule has 0 spiro atoms. The summed E-state index contributed by atoms with van der Waals surface area (Å²) in [5, 5.41) is 3.65. The number of hydrogen-bond donors (Lipinski definition) is 1.